The van der Waals surface area contributed by atoms with E-state index in [0.717, 1.165) is 37.8 Å². The van der Waals surface area contributed by atoms with Gasteiger partial charge in [0.15, 0.2) is 5.79 Å². The van der Waals surface area contributed by atoms with Crippen LogP contribution in [-0.2, 0) is 9.47 Å². The summed E-state index contributed by atoms with van der Waals surface area (Å²) in [6.45, 7) is 1.75. The van der Waals surface area contributed by atoms with Crippen molar-refractivity contribution in [2.24, 2.45) is 11.3 Å². The lowest BCUT2D eigenvalue weighted by molar-refractivity contribution is -0.185. The number of hydrogen-bond acceptors (Lipinski definition) is 4. The lowest BCUT2D eigenvalue weighted by Crippen LogP contribution is -2.37. The fraction of sp³-hybridized carbons (Fsp3) is 0.588. The van der Waals surface area contributed by atoms with Crippen molar-refractivity contribution in [2.45, 2.75) is 31.5 Å². The predicted octanol–water partition coefficient (Wildman–Crippen LogP) is 3.49. The van der Waals surface area contributed by atoms with E-state index in [1.54, 1.807) is 0 Å². The van der Waals surface area contributed by atoms with E-state index in [4.69, 9.17) is 30.9 Å². The molecule has 7 heteroatoms. The van der Waals surface area contributed by atoms with Crippen molar-refractivity contribution in [3.05, 3.63) is 28.5 Å². The lowest BCUT2D eigenvalue weighted by Gasteiger charge is -2.34. The van der Waals surface area contributed by atoms with E-state index in [9.17, 15) is 9.18 Å². The second-order valence-corrected chi connectivity index (χ2v) is 7.34. The first-order chi connectivity index (χ1) is 11.4. The average Bonchev–Trinajstić information content (AvgIpc) is 3.06. The molecular formula is C17H18ClFO5. The van der Waals surface area contributed by atoms with E-state index in [0.29, 0.717) is 25.7 Å². The minimum atomic E-state index is -1.35. The Labute approximate surface area is 143 Å². The van der Waals surface area contributed by atoms with Crippen LogP contribution in [0.4, 0.5) is 4.39 Å². The van der Waals surface area contributed by atoms with Crippen molar-refractivity contribution in [1.29, 1.82) is 0 Å². The van der Waals surface area contributed by atoms with Gasteiger partial charge in [0, 0.05) is 24.3 Å². The Hall–Kier alpha value is -1.37. The summed E-state index contributed by atoms with van der Waals surface area (Å²) in [6.07, 6.45) is 3.68. The standard InChI is InChI=1S/C17H18ClFO5/c18-12-5-11(15(20)21)13(19)6-14(12)22-9-16-1-2-17(8-10(16)7-16)23-3-4-24-17/h5-6,10H,1-4,7-9H2,(H,20,21). The second kappa shape index (κ2) is 5.58. The summed E-state index contributed by atoms with van der Waals surface area (Å²) in [5.41, 5.74) is -0.379. The Balaban J connectivity index is 1.42. The van der Waals surface area contributed by atoms with Gasteiger partial charge in [-0.05, 0) is 24.8 Å². The van der Waals surface area contributed by atoms with Crippen LogP contribution in [0.5, 0.6) is 5.75 Å². The number of halogens is 2. The molecule has 1 N–H and O–H groups in total. The van der Waals surface area contributed by atoms with Crippen molar-refractivity contribution in [3.8, 4) is 5.75 Å². The number of carboxylic acid groups (broad SMARTS) is 1. The monoisotopic (exact) mass is 356 g/mol. The van der Waals surface area contributed by atoms with Crippen LogP contribution in [0.3, 0.4) is 0 Å². The van der Waals surface area contributed by atoms with E-state index in [-0.39, 0.29) is 16.2 Å². The molecule has 1 aromatic carbocycles. The Morgan fingerprint density at radius 2 is 2.08 bits per heavy atom. The first kappa shape index (κ1) is 16.1. The molecule has 1 aliphatic heterocycles. The van der Waals surface area contributed by atoms with Crippen LogP contribution in [0.25, 0.3) is 0 Å². The van der Waals surface area contributed by atoms with Gasteiger partial charge < -0.3 is 19.3 Å². The second-order valence-electron chi connectivity index (χ2n) is 6.93. The molecule has 0 bridgehead atoms. The molecule has 1 saturated heterocycles. The molecule has 0 aromatic heterocycles. The molecule has 24 heavy (non-hydrogen) atoms. The summed E-state index contributed by atoms with van der Waals surface area (Å²) in [6, 6.07) is 2.14. The fourth-order valence-corrected chi connectivity index (χ4v) is 4.19. The van der Waals surface area contributed by atoms with Gasteiger partial charge >= 0.3 is 5.97 Å². The molecule has 1 spiro atoms. The van der Waals surface area contributed by atoms with Crippen LogP contribution >= 0.6 is 11.6 Å². The van der Waals surface area contributed by atoms with Crippen molar-refractivity contribution < 1.29 is 28.5 Å². The molecule has 2 atom stereocenters. The summed E-state index contributed by atoms with van der Waals surface area (Å²) < 4.78 is 31.1. The maximum Gasteiger partial charge on any atom is 0.338 e. The molecule has 4 rings (SSSR count). The summed E-state index contributed by atoms with van der Waals surface area (Å²) in [7, 11) is 0. The molecule has 2 saturated carbocycles. The maximum atomic E-state index is 13.8. The summed E-state index contributed by atoms with van der Waals surface area (Å²) >= 11 is 6.03. The van der Waals surface area contributed by atoms with Gasteiger partial charge in [-0.15, -0.1) is 0 Å². The van der Waals surface area contributed by atoms with E-state index in [2.05, 4.69) is 0 Å². The Morgan fingerprint density at radius 1 is 1.33 bits per heavy atom. The molecule has 0 amide bonds. The quantitative estimate of drug-likeness (QED) is 0.894. The zero-order valence-corrected chi connectivity index (χ0v) is 13.8. The molecule has 130 valence electrons. The molecule has 3 fully saturated rings. The zero-order chi connectivity index (χ0) is 16.9. The first-order valence-corrected chi connectivity index (χ1v) is 8.44. The van der Waals surface area contributed by atoms with E-state index in [1.165, 1.54) is 0 Å². The van der Waals surface area contributed by atoms with Gasteiger partial charge in [0.25, 0.3) is 0 Å². The minimum Gasteiger partial charge on any atom is -0.491 e. The SMILES string of the molecule is O=C(O)c1cc(Cl)c(OCC23CCC4(CC2C3)OCCO4)cc1F. The third-order valence-electron chi connectivity index (χ3n) is 5.50. The van der Waals surface area contributed by atoms with Gasteiger partial charge in [-0.25, -0.2) is 9.18 Å². The number of hydrogen-bond donors (Lipinski definition) is 1. The molecule has 2 unspecified atom stereocenters. The highest BCUT2D eigenvalue weighted by atomic mass is 35.5. The third kappa shape index (κ3) is 2.66. The number of carbonyl (C=O) groups is 1. The van der Waals surface area contributed by atoms with Gasteiger partial charge in [0.1, 0.15) is 11.6 Å². The molecule has 1 aromatic rings. The van der Waals surface area contributed by atoms with E-state index in [1.807, 2.05) is 0 Å². The van der Waals surface area contributed by atoms with Crippen LogP contribution in [0, 0.1) is 17.2 Å². The average molecular weight is 357 g/mol. The summed E-state index contributed by atoms with van der Waals surface area (Å²) in [5, 5.41) is 9.01. The largest absolute Gasteiger partial charge is 0.491 e. The lowest BCUT2D eigenvalue weighted by atomic mass is 9.85. The van der Waals surface area contributed by atoms with Crippen LogP contribution in [0.2, 0.25) is 5.02 Å². The van der Waals surface area contributed by atoms with E-state index < -0.39 is 23.1 Å². The highest BCUT2D eigenvalue weighted by molar-refractivity contribution is 6.32. The number of rotatable bonds is 4. The minimum absolute atomic E-state index is 0.0752. The van der Waals surface area contributed by atoms with Crippen LogP contribution in [0.15, 0.2) is 12.1 Å². The normalized spacial score (nSPS) is 30.2. The molecule has 5 nitrogen and oxygen atoms in total. The summed E-state index contributed by atoms with van der Waals surface area (Å²) in [5.74, 6) is -1.94. The van der Waals surface area contributed by atoms with Crippen LogP contribution in [-0.4, -0.2) is 36.7 Å². The highest BCUT2D eigenvalue weighted by Crippen LogP contribution is 2.64. The van der Waals surface area contributed by atoms with Gasteiger partial charge in [-0.1, -0.05) is 11.6 Å². The smallest absolute Gasteiger partial charge is 0.338 e. The van der Waals surface area contributed by atoms with Crippen molar-refractivity contribution in [3.63, 3.8) is 0 Å². The van der Waals surface area contributed by atoms with Crippen LogP contribution in [0.1, 0.15) is 36.0 Å². The van der Waals surface area contributed by atoms with Crippen molar-refractivity contribution in [2.75, 3.05) is 19.8 Å². The Morgan fingerprint density at radius 3 is 2.75 bits per heavy atom. The number of aromatic carboxylic acids is 1. The van der Waals surface area contributed by atoms with Crippen molar-refractivity contribution in [1.82, 2.24) is 0 Å². The molecule has 0 radical (unpaired) electrons. The van der Waals surface area contributed by atoms with Gasteiger partial charge in [-0.2, -0.15) is 0 Å². The van der Waals surface area contributed by atoms with E-state index >= 15 is 0 Å². The fourth-order valence-electron chi connectivity index (χ4n) is 3.98. The topological polar surface area (TPSA) is 65.0 Å². The highest BCUT2D eigenvalue weighted by Gasteiger charge is 2.62. The predicted molar refractivity (Wildman–Crippen MR) is 82.9 cm³/mol. The first-order valence-electron chi connectivity index (χ1n) is 8.06. The third-order valence-corrected chi connectivity index (χ3v) is 5.80. The number of fused-ring (bicyclic) bond motifs is 1. The number of benzene rings is 1. The number of ether oxygens (including phenoxy) is 3. The molecular weight excluding hydrogens is 339 g/mol. The number of carboxylic acids is 1. The zero-order valence-electron chi connectivity index (χ0n) is 13.0. The maximum absolute atomic E-state index is 13.8. The molecule has 2 aliphatic carbocycles. The van der Waals surface area contributed by atoms with Gasteiger partial charge in [0.05, 0.1) is 30.4 Å². The van der Waals surface area contributed by atoms with Gasteiger partial charge in [0.2, 0.25) is 0 Å². The van der Waals surface area contributed by atoms with Gasteiger partial charge in [-0.3, -0.25) is 0 Å². The van der Waals surface area contributed by atoms with Crippen molar-refractivity contribution >= 4 is 17.6 Å². The Bertz CT molecular complexity index is 688. The van der Waals surface area contributed by atoms with Crippen LogP contribution < -0.4 is 4.74 Å². The molecule has 3 aliphatic rings. The summed E-state index contributed by atoms with van der Waals surface area (Å²) in [4.78, 5) is 10.9. The Kier molecular flexibility index (Phi) is 3.74. The molecule has 1 heterocycles.